The molecule has 2 aromatic carbocycles. The molecular weight excluding hydrogens is 342 g/mol. The molecule has 0 bridgehead atoms. The van der Waals surface area contributed by atoms with E-state index < -0.39 is 0 Å². The molecule has 26 heavy (non-hydrogen) atoms. The fourth-order valence-corrected chi connectivity index (χ4v) is 4.10. The molecule has 1 aliphatic heterocycles. The number of pyridine rings is 1. The highest BCUT2D eigenvalue weighted by molar-refractivity contribution is 8.00. The molecule has 132 valence electrons. The van der Waals surface area contributed by atoms with Crippen molar-refractivity contribution in [1.29, 1.82) is 0 Å². The van der Waals surface area contributed by atoms with E-state index in [2.05, 4.69) is 27.3 Å². The lowest BCUT2D eigenvalue weighted by atomic mass is 10.2. The zero-order valence-electron chi connectivity index (χ0n) is 14.5. The van der Waals surface area contributed by atoms with Gasteiger partial charge in [-0.2, -0.15) is 0 Å². The van der Waals surface area contributed by atoms with Gasteiger partial charge in [-0.1, -0.05) is 18.2 Å². The molecule has 4 rings (SSSR count). The van der Waals surface area contributed by atoms with Crippen molar-refractivity contribution >= 4 is 39.9 Å². The maximum Gasteiger partial charge on any atom is 0.234 e. The van der Waals surface area contributed by atoms with Crippen molar-refractivity contribution in [3.8, 4) is 0 Å². The first-order valence-corrected chi connectivity index (χ1v) is 9.89. The van der Waals surface area contributed by atoms with Crippen LogP contribution in [0, 0.1) is 0 Å². The Bertz CT molecular complexity index is 899. The predicted octanol–water partition coefficient (Wildman–Crippen LogP) is 4.57. The second-order valence-electron chi connectivity index (χ2n) is 6.41. The Balaban J connectivity index is 1.36. The number of carbonyl (C=O) groups excluding carboxylic acids is 1. The summed E-state index contributed by atoms with van der Waals surface area (Å²) in [6.45, 7) is 2.25. The van der Waals surface area contributed by atoms with Crippen molar-refractivity contribution < 1.29 is 4.79 Å². The van der Waals surface area contributed by atoms with Crippen molar-refractivity contribution in [3.63, 3.8) is 0 Å². The number of benzene rings is 2. The predicted molar refractivity (Wildman–Crippen MR) is 109 cm³/mol. The number of aromatic nitrogens is 1. The molecule has 0 unspecified atom stereocenters. The summed E-state index contributed by atoms with van der Waals surface area (Å²) in [7, 11) is 0. The number of hydrogen-bond acceptors (Lipinski definition) is 4. The maximum absolute atomic E-state index is 12.3. The molecule has 1 amide bonds. The molecule has 1 aromatic heterocycles. The third-order valence-electron chi connectivity index (χ3n) is 4.58. The van der Waals surface area contributed by atoms with E-state index >= 15 is 0 Å². The van der Waals surface area contributed by atoms with Gasteiger partial charge in [0.2, 0.25) is 5.91 Å². The smallest absolute Gasteiger partial charge is 0.234 e. The van der Waals surface area contributed by atoms with Gasteiger partial charge in [0.25, 0.3) is 0 Å². The lowest BCUT2D eigenvalue weighted by Gasteiger charge is -2.17. The number of amides is 1. The molecule has 2 heterocycles. The third kappa shape index (κ3) is 3.83. The number of hydrogen-bond donors (Lipinski definition) is 1. The molecule has 0 spiro atoms. The Kier molecular flexibility index (Phi) is 5.07. The second kappa shape index (κ2) is 7.79. The van der Waals surface area contributed by atoms with Crippen LogP contribution in [0.3, 0.4) is 0 Å². The molecule has 3 aromatic rings. The van der Waals surface area contributed by atoms with Crippen molar-refractivity contribution in [2.45, 2.75) is 17.7 Å². The number of anilines is 2. The first kappa shape index (κ1) is 16.9. The van der Waals surface area contributed by atoms with Crippen molar-refractivity contribution in [3.05, 3.63) is 60.8 Å². The SMILES string of the molecule is O=C(CSc1cccc2cccnc12)Nc1ccc(N2CCCC2)cc1. The molecule has 1 saturated heterocycles. The number of carbonyl (C=O) groups is 1. The highest BCUT2D eigenvalue weighted by Gasteiger charge is 2.12. The number of nitrogens with zero attached hydrogens (tertiary/aromatic N) is 2. The number of thioether (sulfide) groups is 1. The summed E-state index contributed by atoms with van der Waals surface area (Å²) >= 11 is 1.52. The third-order valence-corrected chi connectivity index (χ3v) is 5.62. The summed E-state index contributed by atoms with van der Waals surface area (Å²) in [6.07, 6.45) is 4.31. The van der Waals surface area contributed by atoms with Gasteiger partial charge >= 0.3 is 0 Å². The van der Waals surface area contributed by atoms with E-state index in [1.165, 1.54) is 30.3 Å². The summed E-state index contributed by atoms with van der Waals surface area (Å²) in [4.78, 5) is 20.1. The molecule has 1 fully saturated rings. The van der Waals surface area contributed by atoms with Gasteiger partial charge < -0.3 is 10.2 Å². The fraction of sp³-hybridized carbons (Fsp3) is 0.238. The minimum absolute atomic E-state index is 0.00291. The molecule has 1 aliphatic rings. The van der Waals surface area contributed by atoms with E-state index in [0.29, 0.717) is 5.75 Å². The second-order valence-corrected chi connectivity index (χ2v) is 7.43. The van der Waals surface area contributed by atoms with Crippen LogP contribution in [-0.4, -0.2) is 29.7 Å². The van der Waals surface area contributed by atoms with Gasteiger partial charge in [-0.05, 0) is 49.2 Å². The Morgan fingerprint density at radius 1 is 1.04 bits per heavy atom. The van der Waals surface area contributed by atoms with Crippen LogP contribution in [-0.2, 0) is 4.79 Å². The quantitative estimate of drug-likeness (QED) is 0.675. The van der Waals surface area contributed by atoms with Gasteiger partial charge in [-0.15, -0.1) is 11.8 Å². The van der Waals surface area contributed by atoms with E-state index in [-0.39, 0.29) is 5.91 Å². The minimum atomic E-state index is -0.00291. The summed E-state index contributed by atoms with van der Waals surface area (Å²) in [5, 5.41) is 4.07. The summed E-state index contributed by atoms with van der Waals surface area (Å²) in [6, 6.07) is 18.1. The highest BCUT2D eigenvalue weighted by atomic mass is 32.2. The Hall–Kier alpha value is -2.53. The Morgan fingerprint density at radius 3 is 2.62 bits per heavy atom. The van der Waals surface area contributed by atoms with E-state index in [4.69, 9.17) is 0 Å². The van der Waals surface area contributed by atoms with Crippen LogP contribution >= 0.6 is 11.8 Å². The van der Waals surface area contributed by atoms with E-state index in [1.807, 2.05) is 42.5 Å². The fourth-order valence-electron chi connectivity index (χ4n) is 3.26. The zero-order valence-corrected chi connectivity index (χ0v) is 15.3. The lowest BCUT2D eigenvalue weighted by molar-refractivity contribution is -0.113. The number of nitrogens with one attached hydrogen (secondary N) is 1. The van der Waals surface area contributed by atoms with Gasteiger partial charge in [0.05, 0.1) is 11.3 Å². The molecular formula is C21H21N3OS. The summed E-state index contributed by atoms with van der Waals surface area (Å²) < 4.78 is 0. The van der Waals surface area contributed by atoms with Crippen LogP contribution in [0.2, 0.25) is 0 Å². The normalized spacial score (nSPS) is 13.9. The van der Waals surface area contributed by atoms with Crippen LogP contribution in [0.15, 0.2) is 65.7 Å². The number of para-hydroxylation sites is 1. The van der Waals surface area contributed by atoms with Crippen LogP contribution in [0.5, 0.6) is 0 Å². The molecule has 1 N–H and O–H groups in total. The largest absolute Gasteiger partial charge is 0.372 e. The summed E-state index contributed by atoms with van der Waals surface area (Å²) in [5.74, 6) is 0.362. The average Bonchev–Trinajstić information content (AvgIpc) is 3.22. The maximum atomic E-state index is 12.3. The Morgan fingerprint density at radius 2 is 1.81 bits per heavy atom. The van der Waals surface area contributed by atoms with Crippen LogP contribution in [0.4, 0.5) is 11.4 Å². The van der Waals surface area contributed by atoms with Crippen LogP contribution < -0.4 is 10.2 Å². The molecule has 4 nitrogen and oxygen atoms in total. The average molecular weight is 363 g/mol. The minimum Gasteiger partial charge on any atom is -0.372 e. The molecule has 0 aliphatic carbocycles. The van der Waals surface area contributed by atoms with E-state index in [0.717, 1.165) is 34.6 Å². The van der Waals surface area contributed by atoms with Crippen molar-refractivity contribution in [2.75, 3.05) is 29.1 Å². The van der Waals surface area contributed by atoms with Crippen molar-refractivity contribution in [1.82, 2.24) is 4.98 Å². The topological polar surface area (TPSA) is 45.2 Å². The lowest BCUT2D eigenvalue weighted by Crippen LogP contribution is -2.18. The molecule has 0 saturated carbocycles. The van der Waals surface area contributed by atoms with Crippen molar-refractivity contribution in [2.24, 2.45) is 0 Å². The van der Waals surface area contributed by atoms with Gasteiger partial charge in [0.1, 0.15) is 0 Å². The van der Waals surface area contributed by atoms with Gasteiger partial charge in [0.15, 0.2) is 0 Å². The molecule has 0 atom stereocenters. The van der Waals surface area contributed by atoms with Crippen LogP contribution in [0.25, 0.3) is 10.9 Å². The standard InChI is InChI=1S/C21H21N3OS/c25-20(15-26-19-7-3-5-16-6-4-12-22-21(16)19)23-17-8-10-18(11-9-17)24-13-1-2-14-24/h3-12H,1-2,13-15H2,(H,23,25). The number of fused-ring (bicyclic) bond motifs is 1. The number of rotatable bonds is 5. The van der Waals surface area contributed by atoms with Gasteiger partial charge in [-0.25, -0.2) is 0 Å². The van der Waals surface area contributed by atoms with Gasteiger partial charge in [0, 0.05) is 40.9 Å². The summed E-state index contributed by atoms with van der Waals surface area (Å²) in [5.41, 5.74) is 3.02. The van der Waals surface area contributed by atoms with E-state index in [9.17, 15) is 4.79 Å². The zero-order chi connectivity index (χ0) is 17.8. The molecule has 0 radical (unpaired) electrons. The molecule has 5 heteroatoms. The first-order valence-electron chi connectivity index (χ1n) is 8.91. The van der Waals surface area contributed by atoms with Crippen LogP contribution in [0.1, 0.15) is 12.8 Å². The first-order chi connectivity index (χ1) is 12.8. The highest BCUT2D eigenvalue weighted by Crippen LogP contribution is 2.26. The monoisotopic (exact) mass is 363 g/mol. The van der Waals surface area contributed by atoms with Gasteiger partial charge in [-0.3, -0.25) is 9.78 Å². The van der Waals surface area contributed by atoms with E-state index in [1.54, 1.807) is 6.20 Å². The Labute approximate surface area is 157 Å².